The number of likely N-dealkylation sites (tertiary alicyclic amines) is 1. The van der Waals surface area contributed by atoms with E-state index < -0.39 is 0 Å². The van der Waals surface area contributed by atoms with Gasteiger partial charge < -0.3 is 10.2 Å². The molecular weight excluding hydrogens is 291 g/mol. The molecule has 1 saturated heterocycles. The first-order chi connectivity index (χ1) is 9.69. The van der Waals surface area contributed by atoms with Gasteiger partial charge in [0.2, 0.25) is 5.91 Å². The molecule has 21 heavy (non-hydrogen) atoms. The maximum atomic E-state index is 12.9. The van der Waals surface area contributed by atoms with Crippen LogP contribution >= 0.6 is 12.4 Å². The summed E-state index contributed by atoms with van der Waals surface area (Å²) < 4.78 is 12.9. The van der Waals surface area contributed by atoms with Crippen LogP contribution in [-0.2, 0) is 11.2 Å². The Bertz CT molecular complexity index is 438. The Balaban J connectivity index is 0.00000220. The molecule has 1 fully saturated rings. The molecule has 1 aromatic rings. The van der Waals surface area contributed by atoms with Gasteiger partial charge in [-0.1, -0.05) is 12.1 Å². The SMILES string of the molecule is CNCCCC(=O)N1CCC(Cc2ccc(F)cc2)C1.Cl. The van der Waals surface area contributed by atoms with Crippen molar-refractivity contribution in [2.75, 3.05) is 26.7 Å². The van der Waals surface area contributed by atoms with E-state index in [4.69, 9.17) is 0 Å². The molecule has 0 bridgehead atoms. The number of halogens is 2. The molecule has 0 aromatic heterocycles. The monoisotopic (exact) mass is 314 g/mol. The fourth-order valence-electron chi connectivity index (χ4n) is 2.75. The first-order valence-electron chi connectivity index (χ1n) is 7.36. The van der Waals surface area contributed by atoms with Crippen molar-refractivity contribution in [3.63, 3.8) is 0 Å². The van der Waals surface area contributed by atoms with E-state index in [0.717, 1.165) is 44.5 Å². The van der Waals surface area contributed by atoms with E-state index >= 15 is 0 Å². The molecular formula is C16H24ClFN2O. The van der Waals surface area contributed by atoms with E-state index in [-0.39, 0.29) is 24.1 Å². The van der Waals surface area contributed by atoms with Gasteiger partial charge in [0.15, 0.2) is 0 Å². The van der Waals surface area contributed by atoms with Gasteiger partial charge in [-0.2, -0.15) is 0 Å². The molecule has 0 aliphatic carbocycles. The van der Waals surface area contributed by atoms with Crippen LogP contribution in [-0.4, -0.2) is 37.5 Å². The first kappa shape index (κ1) is 17.9. The third-order valence-corrected chi connectivity index (χ3v) is 3.89. The second kappa shape index (κ2) is 9.00. The van der Waals surface area contributed by atoms with E-state index in [1.165, 1.54) is 12.1 Å². The lowest BCUT2D eigenvalue weighted by molar-refractivity contribution is -0.130. The fourth-order valence-corrected chi connectivity index (χ4v) is 2.75. The summed E-state index contributed by atoms with van der Waals surface area (Å²) in [5.74, 6) is 0.581. The maximum Gasteiger partial charge on any atom is 0.222 e. The summed E-state index contributed by atoms with van der Waals surface area (Å²) in [4.78, 5) is 14.0. The largest absolute Gasteiger partial charge is 0.342 e. The van der Waals surface area contributed by atoms with E-state index in [2.05, 4.69) is 5.32 Å². The highest BCUT2D eigenvalue weighted by molar-refractivity contribution is 5.85. The molecule has 1 atom stereocenters. The Hall–Kier alpha value is -1.13. The van der Waals surface area contributed by atoms with Gasteiger partial charge in [-0.15, -0.1) is 12.4 Å². The van der Waals surface area contributed by atoms with Gasteiger partial charge >= 0.3 is 0 Å². The number of hydrogen-bond donors (Lipinski definition) is 1. The van der Waals surface area contributed by atoms with Crippen LogP contribution in [0.25, 0.3) is 0 Å². The topological polar surface area (TPSA) is 32.3 Å². The average Bonchev–Trinajstić information content (AvgIpc) is 2.90. The number of benzene rings is 1. The summed E-state index contributed by atoms with van der Waals surface area (Å²) in [5, 5.41) is 3.06. The lowest BCUT2D eigenvalue weighted by atomic mass is 9.99. The van der Waals surface area contributed by atoms with Crippen molar-refractivity contribution >= 4 is 18.3 Å². The maximum absolute atomic E-state index is 12.9. The van der Waals surface area contributed by atoms with Crippen LogP contribution in [0.2, 0.25) is 0 Å². The molecule has 5 heteroatoms. The summed E-state index contributed by atoms with van der Waals surface area (Å²) in [6.45, 7) is 2.60. The molecule has 1 N–H and O–H groups in total. The predicted molar refractivity (Wildman–Crippen MR) is 85.2 cm³/mol. The molecule has 3 nitrogen and oxygen atoms in total. The molecule has 1 unspecified atom stereocenters. The van der Waals surface area contributed by atoms with Crippen molar-refractivity contribution in [3.05, 3.63) is 35.6 Å². The third-order valence-electron chi connectivity index (χ3n) is 3.89. The Morgan fingerprint density at radius 2 is 2.10 bits per heavy atom. The summed E-state index contributed by atoms with van der Waals surface area (Å²) in [6, 6.07) is 6.69. The lowest BCUT2D eigenvalue weighted by Crippen LogP contribution is -2.29. The van der Waals surface area contributed by atoms with Crippen LogP contribution < -0.4 is 5.32 Å². The van der Waals surface area contributed by atoms with Crippen LogP contribution in [0, 0.1) is 11.7 Å². The number of hydrogen-bond acceptors (Lipinski definition) is 2. The molecule has 1 amide bonds. The van der Waals surface area contributed by atoms with Gasteiger partial charge in [-0.25, -0.2) is 4.39 Å². The second-order valence-corrected chi connectivity index (χ2v) is 5.53. The van der Waals surface area contributed by atoms with Gasteiger partial charge in [0.05, 0.1) is 0 Å². The molecule has 0 spiro atoms. The minimum Gasteiger partial charge on any atom is -0.342 e. The predicted octanol–water partition coefficient (Wildman–Crippen LogP) is 2.64. The molecule has 1 aromatic carbocycles. The number of nitrogens with zero attached hydrogens (tertiary/aromatic N) is 1. The number of nitrogens with one attached hydrogen (secondary N) is 1. The van der Waals surface area contributed by atoms with Crippen molar-refractivity contribution in [2.24, 2.45) is 5.92 Å². The summed E-state index contributed by atoms with van der Waals surface area (Å²) >= 11 is 0. The fraction of sp³-hybridized carbons (Fsp3) is 0.562. The van der Waals surface area contributed by atoms with Crippen molar-refractivity contribution in [3.8, 4) is 0 Å². The molecule has 1 aliphatic heterocycles. The zero-order valence-electron chi connectivity index (χ0n) is 12.5. The zero-order valence-corrected chi connectivity index (χ0v) is 13.3. The van der Waals surface area contributed by atoms with E-state index in [1.54, 1.807) is 0 Å². The normalized spacial score (nSPS) is 17.6. The molecule has 2 rings (SSSR count). The molecule has 1 heterocycles. The molecule has 118 valence electrons. The Kier molecular flexibility index (Phi) is 7.68. The van der Waals surface area contributed by atoms with E-state index in [0.29, 0.717) is 12.3 Å². The molecule has 0 saturated carbocycles. The van der Waals surface area contributed by atoms with E-state index in [9.17, 15) is 9.18 Å². The highest BCUT2D eigenvalue weighted by Crippen LogP contribution is 2.21. The van der Waals surface area contributed by atoms with Crippen molar-refractivity contribution in [1.29, 1.82) is 0 Å². The number of carbonyl (C=O) groups excluding carboxylic acids is 1. The number of amides is 1. The zero-order chi connectivity index (χ0) is 14.4. The highest BCUT2D eigenvalue weighted by Gasteiger charge is 2.25. The Morgan fingerprint density at radius 3 is 2.76 bits per heavy atom. The Labute approximate surface area is 132 Å². The smallest absolute Gasteiger partial charge is 0.222 e. The summed E-state index contributed by atoms with van der Waals surface area (Å²) in [7, 11) is 1.90. The van der Waals surface area contributed by atoms with Crippen LogP contribution in [0.4, 0.5) is 4.39 Å². The summed E-state index contributed by atoms with van der Waals surface area (Å²) in [6.07, 6.45) is 3.51. The minimum absolute atomic E-state index is 0. The number of rotatable bonds is 6. The second-order valence-electron chi connectivity index (χ2n) is 5.53. The third kappa shape index (κ3) is 5.64. The Morgan fingerprint density at radius 1 is 1.38 bits per heavy atom. The minimum atomic E-state index is -0.193. The number of carbonyl (C=O) groups is 1. The van der Waals surface area contributed by atoms with Crippen LogP contribution in [0.3, 0.4) is 0 Å². The molecule has 1 aliphatic rings. The van der Waals surface area contributed by atoms with Gasteiger partial charge in [0.25, 0.3) is 0 Å². The lowest BCUT2D eigenvalue weighted by Gasteiger charge is -2.16. The quantitative estimate of drug-likeness (QED) is 0.819. The van der Waals surface area contributed by atoms with Crippen LogP contribution in [0.5, 0.6) is 0 Å². The molecule has 0 radical (unpaired) electrons. The van der Waals surface area contributed by atoms with Crippen molar-refractivity contribution in [1.82, 2.24) is 10.2 Å². The van der Waals surface area contributed by atoms with E-state index in [1.807, 2.05) is 24.1 Å². The van der Waals surface area contributed by atoms with Crippen molar-refractivity contribution in [2.45, 2.75) is 25.7 Å². The first-order valence-corrected chi connectivity index (χ1v) is 7.36. The van der Waals surface area contributed by atoms with Crippen LogP contribution in [0.15, 0.2) is 24.3 Å². The van der Waals surface area contributed by atoms with Gasteiger partial charge in [-0.05, 0) is 56.5 Å². The van der Waals surface area contributed by atoms with Gasteiger partial charge in [0, 0.05) is 19.5 Å². The summed E-state index contributed by atoms with van der Waals surface area (Å²) in [5.41, 5.74) is 1.15. The van der Waals surface area contributed by atoms with Gasteiger partial charge in [0.1, 0.15) is 5.82 Å². The highest BCUT2D eigenvalue weighted by atomic mass is 35.5. The van der Waals surface area contributed by atoms with Crippen molar-refractivity contribution < 1.29 is 9.18 Å². The standard InChI is InChI=1S/C16H23FN2O.ClH/c1-18-9-2-3-16(20)19-10-8-14(12-19)11-13-4-6-15(17)7-5-13;/h4-7,14,18H,2-3,8-12H2,1H3;1H. The average molecular weight is 315 g/mol. The van der Waals surface area contributed by atoms with Crippen LogP contribution in [0.1, 0.15) is 24.8 Å². The van der Waals surface area contributed by atoms with Gasteiger partial charge in [-0.3, -0.25) is 4.79 Å².